The van der Waals surface area contributed by atoms with E-state index in [0.717, 1.165) is 25.3 Å². The highest BCUT2D eigenvalue weighted by molar-refractivity contribution is 7.89. The van der Waals surface area contributed by atoms with E-state index in [-0.39, 0.29) is 6.61 Å². The second-order valence-electron chi connectivity index (χ2n) is 5.59. The fraction of sp³-hybridized carbons (Fsp3) is 0.923. The van der Waals surface area contributed by atoms with E-state index in [4.69, 9.17) is 4.74 Å². The molecular weight excluding hydrogens is 280 g/mol. The first-order valence-corrected chi connectivity index (χ1v) is 8.99. The predicted octanol–water partition coefficient (Wildman–Crippen LogP) is 0.343. The van der Waals surface area contributed by atoms with Crippen molar-refractivity contribution >= 4 is 16.0 Å². The Morgan fingerprint density at radius 3 is 2.45 bits per heavy atom. The number of nitrogens with zero attached hydrogens (tertiary/aromatic N) is 1. The van der Waals surface area contributed by atoms with Gasteiger partial charge in [0.1, 0.15) is 0 Å². The van der Waals surface area contributed by atoms with Crippen molar-refractivity contribution in [2.45, 2.75) is 38.6 Å². The molecule has 0 radical (unpaired) electrons. The van der Waals surface area contributed by atoms with Crippen LogP contribution >= 0.6 is 0 Å². The number of piperidine rings is 1. The third-order valence-electron chi connectivity index (χ3n) is 3.85. The summed E-state index contributed by atoms with van der Waals surface area (Å²) in [5, 5.41) is 3.50. The number of sulfonamides is 1. The van der Waals surface area contributed by atoms with Gasteiger partial charge in [-0.2, -0.15) is 0 Å². The molecule has 1 saturated carbocycles. The second kappa shape index (κ2) is 6.87. The standard InChI is InChI=1S/C13H24N2O4S/c1-2-19-13(16)10-20(17,18)15-7-5-12(6-8-15)14-9-11-3-4-11/h11-12,14H,2-10H2,1H3. The molecule has 20 heavy (non-hydrogen) atoms. The van der Waals surface area contributed by atoms with E-state index in [2.05, 4.69) is 5.32 Å². The fourth-order valence-corrected chi connectivity index (χ4v) is 3.77. The number of nitrogens with one attached hydrogen (secondary N) is 1. The SMILES string of the molecule is CCOC(=O)CS(=O)(=O)N1CCC(NCC2CC2)CC1. The quantitative estimate of drug-likeness (QED) is 0.687. The Morgan fingerprint density at radius 1 is 1.25 bits per heavy atom. The third-order valence-corrected chi connectivity index (χ3v) is 5.60. The summed E-state index contributed by atoms with van der Waals surface area (Å²) < 4.78 is 30.2. The van der Waals surface area contributed by atoms with Crippen LogP contribution in [-0.2, 0) is 19.6 Å². The van der Waals surface area contributed by atoms with Crippen LogP contribution in [0.25, 0.3) is 0 Å². The molecule has 0 spiro atoms. The molecule has 1 saturated heterocycles. The molecule has 1 heterocycles. The minimum Gasteiger partial charge on any atom is -0.465 e. The van der Waals surface area contributed by atoms with Crippen LogP contribution in [0.2, 0.25) is 0 Å². The molecule has 0 aromatic carbocycles. The first-order valence-electron chi connectivity index (χ1n) is 7.38. The van der Waals surface area contributed by atoms with E-state index in [0.29, 0.717) is 19.1 Å². The Morgan fingerprint density at radius 2 is 1.90 bits per heavy atom. The maximum absolute atomic E-state index is 12.1. The minimum atomic E-state index is -3.52. The Labute approximate surface area is 120 Å². The zero-order valence-electron chi connectivity index (χ0n) is 12.0. The molecule has 0 aromatic rings. The number of esters is 1. The average molecular weight is 304 g/mol. The molecule has 2 fully saturated rings. The van der Waals surface area contributed by atoms with Gasteiger partial charge in [0.05, 0.1) is 6.61 Å². The highest BCUT2D eigenvalue weighted by Crippen LogP contribution is 2.28. The molecule has 0 bridgehead atoms. The summed E-state index contributed by atoms with van der Waals surface area (Å²) in [6.07, 6.45) is 4.27. The molecule has 116 valence electrons. The topological polar surface area (TPSA) is 75.7 Å². The van der Waals surface area contributed by atoms with Crippen LogP contribution in [0, 0.1) is 5.92 Å². The summed E-state index contributed by atoms with van der Waals surface area (Å²) >= 11 is 0. The van der Waals surface area contributed by atoms with Gasteiger partial charge in [-0.1, -0.05) is 0 Å². The number of rotatable bonds is 7. The summed E-state index contributed by atoms with van der Waals surface area (Å²) in [5.41, 5.74) is 0. The van der Waals surface area contributed by atoms with Crippen LogP contribution in [0.3, 0.4) is 0 Å². The van der Waals surface area contributed by atoms with E-state index in [9.17, 15) is 13.2 Å². The van der Waals surface area contributed by atoms with Crippen molar-refractivity contribution in [1.82, 2.24) is 9.62 Å². The Bertz CT molecular complexity index is 426. The summed E-state index contributed by atoms with van der Waals surface area (Å²) in [6.45, 7) is 3.91. The number of hydrogen-bond donors (Lipinski definition) is 1. The van der Waals surface area contributed by atoms with Gasteiger partial charge in [-0.3, -0.25) is 4.79 Å². The van der Waals surface area contributed by atoms with Crippen LogP contribution in [0.1, 0.15) is 32.6 Å². The van der Waals surface area contributed by atoms with Crippen LogP contribution in [0.15, 0.2) is 0 Å². The maximum Gasteiger partial charge on any atom is 0.322 e. The van der Waals surface area contributed by atoms with Gasteiger partial charge in [0, 0.05) is 19.1 Å². The number of ether oxygens (including phenoxy) is 1. The highest BCUT2D eigenvalue weighted by Gasteiger charge is 2.31. The molecule has 1 aliphatic heterocycles. The summed E-state index contributed by atoms with van der Waals surface area (Å²) in [5.74, 6) is -0.372. The van der Waals surface area contributed by atoms with E-state index in [1.54, 1.807) is 6.92 Å². The molecule has 6 nitrogen and oxygen atoms in total. The summed E-state index contributed by atoms with van der Waals surface area (Å²) in [6, 6.07) is 0.407. The summed E-state index contributed by atoms with van der Waals surface area (Å²) in [7, 11) is -3.52. The second-order valence-corrected chi connectivity index (χ2v) is 7.56. The van der Waals surface area contributed by atoms with Gasteiger partial charge in [0.15, 0.2) is 5.75 Å². The zero-order chi connectivity index (χ0) is 14.6. The lowest BCUT2D eigenvalue weighted by Crippen LogP contribution is -2.46. The molecule has 0 unspecified atom stereocenters. The summed E-state index contributed by atoms with van der Waals surface area (Å²) in [4.78, 5) is 11.3. The van der Waals surface area contributed by atoms with Gasteiger partial charge in [0.25, 0.3) is 0 Å². The normalized spacial score (nSPS) is 21.9. The number of carbonyl (C=O) groups excluding carboxylic acids is 1. The Balaban J connectivity index is 1.74. The molecule has 1 aliphatic carbocycles. The van der Waals surface area contributed by atoms with Gasteiger partial charge in [-0.15, -0.1) is 0 Å². The van der Waals surface area contributed by atoms with E-state index in [1.165, 1.54) is 17.1 Å². The molecule has 1 N–H and O–H groups in total. The minimum absolute atomic E-state index is 0.210. The van der Waals surface area contributed by atoms with Crippen molar-refractivity contribution in [3.05, 3.63) is 0 Å². The lowest BCUT2D eigenvalue weighted by atomic mass is 10.1. The van der Waals surface area contributed by atoms with E-state index < -0.39 is 21.7 Å². The van der Waals surface area contributed by atoms with Crippen molar-refractivity contribution in [1.29, 1.82) is 0 Å². The molecule has 0 amide bonds. The van der Waals surface area contributed by atoms with Crippen molar-refractivity contribution in [2.75, 3.05) is 32.0 Å². The largest absolute Gasteiger partial charge is 0.465 e. The van der Waals surface area contributed by atoms with Gasteiger partial charge in [0.2, 0.25) is 10.0 Å². The smallest absolute Gasteiger partial charge is 0.322 e. The molecule has 7 heteroatoms. The molecule has 2 rings (SSSR count). The van der Waals surface area contributed by atoms with Gasteiger partial charge in [-0.25, -0.2) is 12.7 Å². The average Bonchev–Trinajstić information content (AvgIpc) is 3.20. The van der Waals surface area contributed by atoms with Crippen LogP contribution < -0.4 is 5.32 Å². The van der Waals surface area contributed by atoms with Gasteiger partial charge >= 0.3 is 5.97 Å². The molecule has 0 aromatic heterocycles. The third kappa shape index (κ3) is 4.71. The Kier molecular flexibility index (Phi) is 5.40. The van der Waals surface area contributed by atoms with Crippen molar-refractivity contribution < 1.29 is 17.9 Å². The number of hydrogen-bond acceptors (Lipinski definition) is 5. The molecular formula is C13H24N2O4S. The molecule has 2 aliphatic rings. The maximum atomic E-state index is 12.1. The van der Waals surface area contributed by atoms with Crippen LogP contribution in [0.4, 0.5) is 0 Å². The predicted molar refractivity (Wildman–Crippen MR) is 75.7 cm³/mol. The highest BCUT2D eigenvalue weighted by atomic mass is 32.2. The van der Waals surface area contributed by atoms with E-state index >= 15 is 0 Å². The lowest BCUT2D eigenvalue weighted by Gasteiger charge is -2.31. The van der Waals surface area contributed by atoms with Crippen molar-refractivity contribution in [3.8, 4) is 0 Å². The van der Waals surface area contributed by atoms with Crippen LogP contribution in [-0.4, -0.2) is 56.7 Å². The van der Waals surface area contributed by atoms with Crippen molar-refractivity contribution in [2.24, 2.45) is 5.92 Å². The fourth-order valence-electron chi connectivity index (χ4n) is 2.44. The molecule has 0 atom stereocenters. The van der Waals surface area contributed by atoms with Gasteiger partial charge < -0.3 is 10.1 Å². The number of carbonyl (C=O) groups is 1. The Hall–Kier alpha value is -0.660. The zero-order valence-corrected chi connectivity index (χ0v) is 12.8. The van der Waals surface area contributed by atoms with Crippen molar-refractivity contribution in [3.63, 3.8) is 0 Å². The van der Waals surface area contributed by atoms with Crippen LogP contribution in [0.5, 0.6) is 0 Å². The first-order chi connectivity index (χ1) is 9.51. The van der Waals surface area contributed by atoms with Gasteiger partial charge in [-0.05, 0) is 45.1 Å². The first kappa shape index (κ1) is 15.7. The monoisotopic (exact) mass is 304 g/mol. The van der Waals surface area contributed by atoms with E-state index in [1.807, 2.05) is 0 Å². The lowest BCUT2D eigenvalue weighted by molar-refractivity contribution is -0.140.